The molecule has 0 aliphatic carbocycles. The molecular weight excluding hydrogens is 358 g/mol. The molecule has 1 aliphatic heterocycles. The van der Waals surface area contributed by atoms with Crippen molar-refractivity contribution in [3.8, 4) is 11.8 Å². The molecule has 0 saturated heterocycles. The average Bonchev–Trinajstić information content (AvgIpc) is 3.11. The van der Waals surface area contributed by atoms with Crippen LogP contribution in [0.5, 0.6) is 5.75 Å². The van der Waals surface area contributed by atoms with Gasteiger partial charge in [-0.05, 0) is 18.2 Å². The third kappa shape index (κ3) is 2.24. The Morgan fingerprint density at radius 2 is 2.04 bits per heavy atom. The summed E-state index contributed by atoms with van der Waals surface area (Å²) in [6.07, 6.45) is 0. The van der Waals surface area contributed by atoms with Gasteiger partial charge in [0.1, 0.15) is 17.2 Å². The molecule has 0 amide bonds. The Hall–Kier alpha value is -3.64. The zero-order valence-corrected chi connectivity index (χ0v) is 13.8. The van der Waals surface area contributed by atoms with E-state index < -0.39 is 16.5 Å². The number of nitrogens with zero attached hydrogens (tertiary/aromatic N) is 2. The second-order valence-electron chi connectivity index (χ2n) is 5.49. The molecule has 0 unspecified atom stereocenters. The summed E-state index contributed by atoms with van der Waals surface area (Å²) < 4.78 is 10.9. The lowest BCUT2D eigenvalue weighted by Crippen LogP contribution is -2.25. The van der Waals surface area contributed by atoms with E-state index in [2.05, 4.69) is 0 Å². The minimum atomic E-state index is -0.886. The first-order chi connectivity index (χ1) is 12.5. The number of nitriles is 1. The van der Waals surface area contributed by atoms with Crippen molar-refractivity contribution in [1.82, 2.24) is 0 Å². The molecule has 0 bridgehead atoms. The molecule has 1 aliphatic rings. The van der Waals surface area contributed by atoms with Gasteiger partial charge in [-0.2, -0.15) is 5.26 Å². The number of nitro groups is 1. The molecule has 0 spiro atoms. The van der Waals surface area contributed by atoms with Crippen LogP contribution in [0.15, 0.2) is 57.1 Å². The smallest absolute Gasteiger partial charge is 0.344 e. The molecule has 2 aromatic heterocycles. The third-order valence-corrected chi connectivity index (χ3v) is 5.15. The Labute approximate surface area is 149 Å². The van der Waals surface area contributed by atoms with Crippen LogP contribution in [0.25, 0.3) is 11.0 Å². The highest BCUT2D eigenvalue weighted by Crippen LogP contribution is 2.45. The molecule has 3 heterocycles. The maximum Gasteiger partial charge on any atom is 0.344 e. The average molecular weight is 367 g/mol. The summed E-state index contributed by atoms with van der Waals surface area (Å²) >= 11 is 0.870. The van der Waals surface area contributed by atoms with Gasteiger partial charge in [0.05, 0.1) is 21.8 Å². The number of hydrogen-bond donors (Lipinski definition) is 1. The van der Waals surface area contributed by atoms with Gasteiger partial charge in [0, 0.05) is 10.9 Å². The Balaban J connectivity index is 2.05. The SMILES string of the molecule is N#CC1=C(N)Oc2c(c(=O)oc3ccccc23)[C@H]1c1ccc([N+](=O)[O-])s1. The second-order valence-corrected chi connectivity index (χ2v) is 6.58. The number of rotatable bonds is 2. The second kappa shape index (κ2) is 5.72. The first-order valence-corrected chi connectivity index (χ1v) is 8.20. The van der Waals surface area contributed by atoms with Crippen molar-refractivity contribution in [3.63, 3.8) is 0 Å². The van der Waals surface area contributed by atoms with Crippen LogP contribution in [0, 0.1) is 21.4 Å². The van der Waals surface area contributed by atoms with Crippen molar-refractivity contribution in [2.75, 3.05) is 0 Å². The Bertz CT molecular complexity index is 1200. The summed E-state index contributed by atoms with van der Waals surface area (Å²) in [4.78, 5) is 23.5. The van der Waals surface area contributed by atoms with Crippen LogP contribution in [0.3, 0.4) is 0 Å². The zero-order chi connectivity index (χ0) is 18.4. The largest absolute Gasteiger partial charge is 0.439 e. The van der Waals surface area contributed by atoms with E-state index in [-0.39, 0.29) is 27.8 Å². The van der Waals surface area contributed by atoms with Crippen LogP contribution in [-0.4, -0.2) is 4.92 Å². The predicted octanol–water partition coefficient (Wildman–Crippen LogP) is 2.98. The van der Waals surface area contributed by atoms with E-state index in [9.17, 15) is 20.2 Å². The molecule has 1 aromatic carbocycles. The summed E-state index contributed by atoms with van der Waals surface area (Å²) in [6, 6.07) is 11.5. The first-order valence-electron chi connectivity index (χ1n) is 7.38. The first kappa shape index (κ1) is 15.9. The molecule has 8 nitrogen and oxygen atoms in total. The molecule has 4 rings (SSSR count). The number of para-hydroxylation sites is 1. The number of fused-ring (bicyclic) bond motifs is 3. The number of nitrogens with two attached hydrogens (primary N) is 1. The fraction of sp³-hybridized carbons (Fsp3) is 0.0588. The van der Waals surface area contributed by atoms with Gasteiger partial charge < -0.3 is 14.9 Å². The predicted molar refractivity (Wildman–Crippen MR) is 92.8 cm³/mol. The summed E-state index contributed by atoms with van der Waals surface area (Å²) in [5.41, 5.74) is 5.67. The molecular formula is C17H9N3O5S. The minimum absolute atomic E-state index is 0.0110. The van der Waals surface area contributed by atoms with E-state index in [1.54, 1.807) is 24.3 Å². The van der Waals surface area contributed by atoms with Crippen molar-refractivity contribution in [1.29, 1.82) is 5.26 Å². The molecule has 26 heavy (non-hydrogen) atoms. The van der Waals surface area contributed by atoms with Crippen LogP contribution < -0.4 is 16.1 Å². The van der Waals surface area contributed by atoms with E-state index >= 15 is 0 Å². The number of allylic oxidation sites excluding steroid dienone is 1. The van der Waals surface area contributed by atoms with Crippen LogP contribution >= 0.6 is 11.3 Å². The van der Waals surface area contributed by atoms with Crippen molar-refractivity contribution < 1.29 is 14.1 Å². The van der Waals surface area contributed by atoms with Gasteiger partial charge in [-0.1, -0.05) is 23.5 Å². The van der Waals surface area contributed by atoms with Crippen molar-refractivity contribution >= 4 is 27.3 Å². The van der Waals surface area contributed by atoms with E-state index in [0.717, 1.165) is 11.3 Å². The van der Waals surface area contributed by atoms with E-state index in [0.29, 0.717) is 15.8 Å². The number of benzene rings is 1. The van der Waals surface area contributed by atoms with Gasteiger partial charge in [-0.15, -0.1) is 0 Å². The van der Waals surface area contributed by atoms with E-state index in [4.69, 9.17) is 14.9 Å². The lowest BCUT2D eigenvalue weighted by molar-refractivity contribution is -0.380. The maximum atomic E-state index is 12.6. The monoisotopic (exact) mass is 367 g/mol. The lowest BCUT2D eigenvalue weighted by atomic mass is 9.88. The molecule has 3 aromatic rings. The quantitative estimate of drug-likeness (QED) is 0.418. The Morgan fingerprint density at radius 1 is 1.27 bits per heavy atom. The summed E-state index contributed by atoms with van der Waals surface area (Å²) in [5, 5.41) is 20.9. The van der Waals surface area contributed by atoms with Gasteiger partial charge >= 0.3 is 10.6 Å². The highest BCUT2D eigenvalue weighted by atomic mass is 32.1. The number of thiophene rings is 1. The van der Waals surface area contributed by atoms with Crippen molar-refractivity contribution in [3.05, 3.63) is 78.8 Å². The highest BCUT2D eigenvalue weighted by Gasteiger charge is 2.37. The molecule has 2 N–H and O–H groups in total. The third-order valence-electron chi connectivity index (χ3n) is 4.05. The van der Waals surface area contributed by atoms with Crippen molar-refractivity contribution in [2.45, 2.75) is 5.92 Å². The van der Waals surface area contributed by atoms with Crippen molar-refractivity contribution in [2.24, 2.45) is 5.73 Å². The number of ether oxygens (including phenoxy) is 1. The summed E-state index contributed by atoms with van der Waals surface area (Å²) in [7, 11) is 0. The molecule has 128 valence electrons. The fourth-order valence-corrected chi connectivity index (χ4v) is 3.89. The van der Waals surface area contributed by atoms with Gasteiger partial charge in [0.15, 0.2) is 5.75 Å². The van der Waals surface area contributed by atoms with Gasteiger partial charge in [-0.3, -0.25) is 10.1 Å². The van der Waals surface area contributed by atoms with Crippen LogP contribution in [0.2, 0.25) is 0 Å². The maximum absolute atomic E-state index is 12.6. The standard InChI is InChI=1S/C17H9N3O5S/c18-7-9-13(11-5-6-12(26-11)20(22)23)14-15(25-16(9)19)8-3-1-2-4-10(8)24-17(14)21/h1-6,13H,19H2/t13-/m1/s1. The van der Waals surface area contributed by atoms with Gasteiger partial charge in [0.2, 0.25) is 5.88 Å². The minimum Gasteiger partial charge on any atom is -0.439 e. The van der Waals surface area contributed by atoms with Crippen LogP contribution in [0.4, 0.5) is 5.00 Å². The molecule has 0 fully saturated rings. The Morgan fingerprint density at radius 3 is 2.73 bits per heavy atom. The fourth-order valence-electron chi connectivity index (χ4n) is 2.95. The van der Waals surface area contributed by atoms with Crippen LogP contribution in [0.1, 0.15) is 16.4 Å². The van der Waals surface area contributed by atoms with E-state index in [1.807, 2.05) is 6.07 Å². The highest BCUT2D eigenvalue weighted by molar-refractivity contribution is 7.15. The lowest BCUT2D eigenvalue weighted by Gasteiger charge is -2.24. The molecule has 9 heteroatoms. The van der Waals surface area contributed by atoms with Gasteiger partial charge in [-0.25, -0.2) is 4.79 Å². The van der Waals surface area contributed by atoms with E-state index in [1.165, 1.54) is 12.1 Å². The molecule has 0 radical (unpaired) electrons. The normalized spacial score (nSPS) is 16.0. The summed E-state index contributed by atoms with van der Waals surface area (Å²) in [5.74, 6) is -0.825. The summed E-state index contributed by atoms with van der Waals surface area (Å²) in [6.45, 7) is 0. The topological polar surface area (TPSA) is 132 Å². The Kier molecular flexibility index (Phi) is 3.49. The number of hydrogen-bond acceptors (Lipinski definition) is 8. The van der Waals surface area contributed by atoms with Crippen LogP contribution in [-0.2, 0) is 0 Å². The van der Waals surface area contributed by atoms with Gasteiger partial charge in [0.25, 0.3) is 0 Å². The zero-order valence-electron chi connectivity index (χ0n) is 13.0. The molecule has 1 atom stereocenters. The molecule has 0 saturated carbocycles.